The summed E-state index contributed by atoms with van der Waals surface area (Å²) in [5, 5.41) is 2.68. The lowest BCUT2D eigenvalue weighted by atomic mass is 10.4. The van der Waals surface area contributed by atoms with Crippen molar-refractivity contribution in [3.63, 3.8) is 0 Å². The summed E-state index contributed by atoms with van der Waals surface area (Å²) in [7, 11) is 0. The maximum absolute atomic E-state index is 5.70. The number of nitrogens with one attached hydrogen (secondary N) is 1. The molecule has 0 saturated carbocycles. The van der Waals surface area contributed by atoms with Crippen LogP contribution >= 0.6 is 34.5 Å². The zero-order chi connectivity index (χ0) is 8.55. The molecule has 0 spiro atoms. The van der Waals surface area contributed by atoms with Gasteiger partial charge in [-0.25, -0.2) is 4.98 Å². The largest absolute Gasteiger partial charge is 0.327 e. The van der Waals surface area contributed by atoms with Gasteiger partial charge < -0.3 is 4.98 Å². The van der Waals surface area contributed by atoms with Crippen molar-refractivity contribution >= 4 is 34.5 Å². The molecule has 0 aliphatic carbocycles. The number of hydrogen-bond donors (Lipinski definition) is 1. The van der Waals surface area contributed by atoms with Crippen LogP contribution in [-0.2, 0) is 0 Å². The lowest BCUT2D eigenvalue weighted by Gasteiger charge is -1.85. The Morgan fingerprint density at radius 1 is 1.42 bits per heavy atom. The van der Waals surface area contributed by atoms with Crippen LogP contribution < -0.4 is 0 Å². The highest BCUT2D eigenvalue weighted by molar-refractivity contribution is 7.13. The SMILES string of the molecule is Clc1nc(-c2cccs2)[nH]c1Cl. The molecule has 0 saturated heterocycles. The Labute approximate surface area is 83.2 Å². The molecule has 0 fully saturated rings. The van der Waals surface area contributed by atoms with E-state index in [4.69, 9.17) is 23.2 Å². The van der Waals surface area contributed by atoms with Crippen LogP contribution in [0.4, 0.5) is 0 Å². The van der Waals surface area contributed by atoms with Gasteiger partial charge in [-0.05, 0) is 11.4 Å². The van der Waals surface area contributed by atoms with Crippen molar-refractivity contribution in [2.45, 2.75) is 0 Å². The van der Waals surface area contributed by atoms with Crippen LogP contribution in [0.5, 0.6) is 0 Å². The van der Waals surface area contributed by atoms with Crippen molar-refractivity contribution in [1.82, 2.24) is 9.97 Å². The van der Waals surface area contributed by atoms with Crippen molar-refractivity contribution in [2.24, 2.45) is 0 Å². The van der Waals surface area contributed by atoms with Crippen LogP contribution in [-0.4, -0.2) is 9.97 Å². The lowest BCUT2D eigenvalue weighted by molar-refractivity contribution is 1.33. The Balaban J connectivity index is 2.48. The smallest absolute Gasteiger partial charge is 0.166 e. The Bertz CT molecular complexity index is 361. The first kappa shape index (κ1) is 8.10. The average molecular weight is 219 g/mol. The summed E-state index contributed by atoms with van der Waals surface area (Å²) < 4.78 is 0. The van der Waals surface area contributed by atoms with Crippen molar-refractivity contribution in [3.05, 3.63) is 27.8 Å². The molecule has 0 aromatic carbocycles. The molecular formula is C7H4Cl2N2S. The number of thiophene rings is 1. The third-order valence-electron chi connectivity index (χ3n) is 1.37. The Morgan fingerprint density at radius 2 is 2.25 bits per heavy atom. The standard InChI is InChI=1S/C7H4Cl2N2S/c8-5-6(9)11-7(10-5)4-2-1-3-12-4/h1-3H,(H,10,11). The second-order valence-corrected chi connectivity index (χ2v) is 3.85. The molecule has 62 valence electrons. The number of nitrogens with zero attached hydrogens (tertiary/aromatic N) is 1. The molecule has 0 aliphatic rings. The van der Waals surface area contributed by atoms with Crippen LogP contribution in [0.25, 0.3) is 10.7 Å². The predicted octanol–water partition coefficient (Wildman–Crippen LogP) is 3.45. The summed E-state index contributed by atoms with van der Waals surface area (Å²) in [6, 6.07) is 3.90. The fourth-order valence-corrected chi connectivity index (χ4v) is 1.79. The second-order valence-electron chi connectivity index (χ2n) is 2.17. The van der Waals surface area contributed by atoms with Crippen LogP contribution in [0.15, 0.2) is 17.5 Å². The Kier molecular flexibility index (Phi) is 2.09. The minimum absolute atomic E-state index is 0.320. The fourth-order valence-electron chi connectivity index (χ4n) is 0.861. The highest BCUT2D eigenvalue weighted by Crippen LogP contribution is 2.27. The lowest BCUT2D eigenvalue weighted by Crippen LogP contribution is -1.72. The fraction of sp³-hybridized carbons (Fsp3) is 0. The molecule has 0 unspecified atom stereocenters. The first-order valence-electron chi connectivity index (χ1n) is 3.22. The van der Waals surface area contributed by atoms with Gasteiger partial charge in [0.15, 0.2) is 5.15 Å². The van der Waals surface area contributed by atoms with Gasteiger partial charge in [-0.3, -0.25) is 0 Å². The van der Waals surface area contributed by atoms with E-state index in [9.17, 15) is 0 Å². The van der Waals surface area contributed by atoms with Gasteiger partial charge in [-0.15, -0.1) is 11.3 Å². The summed E-state index contributed by atoms with van der Waals surface area (Å²) >= 11 is 13.0. The average Bonchev–Trinajstić information content (AvgIpc) is 2.61. The van der Waals surface area contributed by atoms with E-state index in [0.717, 1.165) is 10.7 Å². The number of hydrogen-bond acceptors (Lipinski definition) is 2. The maximum Gasteiger partial charge on any atom is 0.166 e. The Hall–Kier alpha value is -0.510. The first-order valence-corrected chi connectivity index (χ1v) is 4.86. The van der Waals surface area contributed by atoms with E-state index in [1.807, 2.05) is 17.5 Å². The molecule has 1 N–H and O–H groups in total. The molecule has 0 atom stereocenters. The Morgan fingerprint density at radius 3 is 2.75 bits per heavy atom. The van der Waals surface area contributed by atoms with E-state index >= 15 is 0 Å². The van der Waals surface area contributed by atoms with Crippen molar-refractivity contribution < 1.29 is 0 Å². The molecule has 2 aromatic rings. The van der Waals surface area contributed by atoms with E-state index in [-0.39, 0.29) is 0 Å². The molecule has 0 bridgehead atoms. The third kappa shape index (κ3) is 1.35. The molecule has 2 nitrogen and oxygen atoms in total. The van der Waals surface area contributed by atoms with Gasteiger partial charge in [-0.1, -0.05) is 29.3 Å². The zero-order valence-corrected chi connectivity index (χ0v) is 8.17. The van der Waals surface area contributed by atoms with Gasteiger partial charge in [-0.2, -0.15) is 0 Å². The molecule has 0 aliphatic heterocycles. The van der Waals surface area contributed by atoms with E-state index in [1.54, 1.807) is 11.3 Å². The van der Waals surface area contributed by atoms with E-state index in [0.29, 0.717) is 10.3 Å². The van der Waals surface area contributed by atoms with Crippen LogP contribution in [0.1, 0.15) is 0 Å². The van der Waals surface area contributed by atoms with E-state index in [1.165, 1.54) is 0 Å². The molecule has 2 rings (SSSR count). The van der Waals surface area contributed by atoms with Gasteiger partial charge in [0, 0.05) is 0 Å². The van der Waals surface area contributed by atoms with Crippen molar-refractivity contribution in [3.8, 4) is 10.7 Å². The number of imidazole rings is 1. The molecule has 12 heavy (non-hydrogen) atoms. The van der Waals surface area contributed by atoms with Crippen molar-refractivity contribution in [2.75, 3.05) is 0 Å². The van der Waals surface area contributed by atoms with Gasteiger partial charge >= 0.3 is 0 Å². The molecule has 0 radical (unpaired) electrons. The van der Waals surface area contributed by atoms with Crippen LogP contribution in [0.2, 0.25) is 10.3 Å². The summed E-state index contributed by atoms with van der Waals surface area (Å²) in [6.45, 7) is 0. The molecular weight excluding hydrogens is 215 g/mol. The van der Waals surface area contributed by atoms with Gasteiger partial charge in [0.1, 0.15) is 11.0 Å². The first-order chi connectivity index (χ1) is 5.77. The molecule has 0 amide bonds. The normalized spacial score (nSPS) is 10.5. The van der Waals surface area contributed by atoms with Crippen LogP contribution in [0, 0.1) is 0 Å². The number of halogens is 2. The van der Waals surface area contributed by atoms with Crippen molar-refractivity contribution in [1.29, 1.82) is 0 Å². The topological polar surface area (TPSA) is 28.7 Å². The monoisotopic (exact) mass is 218 g/mol. The highest BCUT2D eigenvalue weighted by Gasteiger charge is 2.07. The van der Waals surface area contributed by atoms with E-state index < -0.39 is 0 Å². The quantitative estimate of drug-likeness (QED) is 0.781. The number of aromatic amines is 1. The maximum atomic E-state index is 5.70. The van der Waals surface area contributed by atoms with Gasteiger partial charge in [0.25, 0.3) is 0 Å². The van der Waals surface area contributed by atoms with E-state index in [2.05, 4.69) is 9.97 Å². The molecule has 5 heteroatoms. The number of H-pyrrole nitrogens is 1. The summed E-state index contributed by atoms with van der Waals surface area (Å²) in [4.78, 5) is 7.95. The summed E-state index contributed by atoms with van der Waals surface area (Å²) in [5.74, 6) is 0.722. The highest BCUT2D eigenvalue weighted by atomic mass is 35.5. The summed E-state index contributed by atoms with van der Waals surface area (Å²) in [5.41, 5.74) is 0. The minimum Gasteiger partial charge on any atom is -0.327 e. The molecule has 2 aromatic heterocycles. The van der Waals surface area contributed by atoms with Gasteiger partial charge in [0.05, 0.1) is 4.88 Å². The zero-order valence-electron chi connectivity index (χ0n) is 5.84. The predicted molar refractivity (Wildman–Crippen MR) is 51.9 cm³/mol. The minimum atomic E-state index is 0.320. The number of aromatic nitrogens is 2. The summed E-state index contributed by atoms with van der Waals surface area (Å²) in [6.07, 6.45) is 0. The van der Waals surface area contributed by atoms with Crippen LogP contribution in [0.3, 0.4) is 0 Å². The third-order valence-corrected chi connectivity index (χ3v) is 2.89. The molecule has 2 heterocycles. The number of rotatable bonds is 1. The van der Waals surface area contributed by atoms with Gasteiger partial charge in [0.2, 0.25) is 0 Å². The second kappa shape index (κ2) is 3.09.